The maximum Gasteiger partial charge on any atom is 0.326 e. The van der Waals surface area contributed by atoms with Crippen LogP contribution >= 0.6 is 11.3 Å². The average molecular weight is 347 g/mol. The Hall–Kier alpha value is -1.41. The molecule has 2 N–H and O–H groups in total. The highest BCUT2D eigenvalue weighted by Crippen LogP contribution is 2.23. The molecule has 1 rings (SSSR count). The maximum absolute atomic E-state index is 12.1. The molecule has 1 unspecified atom stereocenters. The Morgan fingerprint density at radius 1 is 1.32 bits per heavy atom. The normalized spacial score (nSPS) is 13.6. The molecule has 0 radical (unpaired) electrons. The molecule has 0 aromatic carbocycles. The van der Waals surface area contributed by atoms with E-state index in [9.17, 15) is 23.1 Å². The fourth-order valence-electron chi connectivity index (χ4n) is 1.71. The maximum atomic E-state index is 12.1. The van der Waals surface area contributed by atoms with Gasteiger partial charge in [-0.3, -0.25) is 4.79 Å². The third kappa shape index (κ3) is 5.76. The second-order valence-electron chi connectivity index (χ2n) is 6.35. The number of hydrogen-bond donors (Lipinski definition) is 2. The van der Waals surface area contributed by atoms with Gasteiger partial charge >= 0.3 is 5.97 Å². The molecule has 1 atom stereocenters. The number of aliphatic carboxylic acids is 1. The van der Waals surface area contributed by atoms with E-state index in [1.54, 1.807) is 0 Å². The van der Waals surface area contributed by atoms with Gasteiger partial charge in [0.2, 0.25) is 0 Å². The molecule has 0 bridgehead atoms. The van der Waals surface area contributed by atoms with Crippen LogP contribution in [0.15, 0.2) is 16.3 Å². The van der Waals surface area contributed by atoms with Gasteiger partial charge in [-0.1, -0.05) is 20.8 Å². The summed E-state index contributed by atoms with van der Waals surface area (Å²) in [6.07, 6.45) is 2.02. The van der Waals surface area contributed by atoms with Gasteiger partial charge in [-0.05, 0) is 30.4 Å². The van der Waals surface area contributed by atoms with Crippen molar-refractivity contribution < 1.29 is 23.1 Å². The third-order valence-electron chi connectivity index (χ3n) is 2.96. The first-order valence-electron chi connectivity index (χ1n) is 6.74. The van der Waals surface area contributed by atoms with E-state index in [2.05, 4.69) is 5.32 Å². The molecule has 0 aliphatic rings. The van der Waals surface area contributed by atoms with Gasteiger partial charge in [-0.2, -0.15) is 0 Å². The molecule has 1 heterocycles. The zero-order valence-electron chi connectivity index (χ0n) is 13.0. The number of rotatable bonds is 6. The van der Waals surface area contributed by atoms with E-state index < -0.39 is 27.8 Å². The minimum Gasteiger partial charge on any atom is -0.480 e. The standard InChI is InChI=1S/C14H21NO5S2/c1-14(2,3)8-7-9(13(17)18)15-12(16)10-5-6-11(21-10)22(4,19)20/h5-6,9H,7-8H2,1-4H3,(H,15,16)(H,17,18). The molecule has 1 aromatic rings. The molecule has 124 valence electrons. The molecule has 0 saturated heterocycles. The molecule has 0 aliphatic carbocycles. The van der Waals surface area contributed by atoms with Gasteiger partial charge in [0.1, 0.15) is 10.3 Å². The zero-order chi connectivity index (χ0) is 17.1. The molecular weight excluding hydrogens is 326 g/mol. The number of amides is 1. The number of sulfone groups is 1. The monoisotopic (exact) mass is 347 g/mol. The number of carbonyl (C=O) groups excluding carboxylic acids is 1. The predicted molar refractivity (Wildman–Crippen MR) is 85.0 cm³/mol. The molecule has 6 nitrogen and oxygen atoms in total. The van der Waals surface area contributed by atoms with Crippen LogP contribution in [-0.2, 0) is 14.6 Å². The average Bonchev–Trinajstić information content (AvgIpc) is 2.81. The first kappa shape index (κ1) is 18.6. The van der Waals surface area contributed by atoms with Crippen LogP contribution in [0.3, 0.4) is 0 Å². The Balaban J connectivity index is 2.79. The molecule has 0 aliphatic heterocycles. The lowest BCUT2D eigenvalue weighted by Gasteiger charge is -2.21. The molecular formula is C14H21NO5S2. The predicted octanol–water partition coefficient (Wildman–Crippen LogP) is 2.16. The Morgan fingerprint density at radius 2 is 1.91 bits per heavy atom. The number of carboxylic acid groups (broad SMARTS) is 1. The van der Waals surface area contributed by atoms with Gasteiger partial charge < -0.3 is 10.4 Å². The van der Waals surface area contributed by atoms with Gasteiger partial charge in [0.15, 0.2) is 9.84 Å². The summed E-state index contributed by atoms with van der Waals surface area (Å²) in [6, 6.07) is 1.74. The number of nitrogens with one attached hydrogen (secondary N) is 1. The number of carboxylic acids is 1. The molecule has 0 fully saturated rings. The zero-order valence-corrected chi connectivity index (χ0v) is 14.7. The number of thiophene rings is 1. The lowest BCUT2D eigenvalue weighted by Crippen LogP contribution is -2.41. The van der Waals surface area contributed by atoms with E-state index in [1.807, 2.05) is 20.8 Å². The Morgan fingerprint density at radius 3 is 2.32 bits per heavy atom. The van der Waals surface area contributed by atoms with E-state index in [0.717, 1.165) is 17.6 Å². The highest BCUT2D eigenvalue weighted by Gasteiger charge is 2.24. The Kier molecular flexibility index (Phi) is 5.75. The molecule has 0 saturated carbocycles. The number of hydrogen-bond acceptors (Lipinski definition) is 5. The van der Waals surface area contributed by atoms with Gasteiger partial charge in [0.25, 0.3) is 5.91 Å². The summed E-state index contributed by atoms with van der Waals surface area (Å²) in [4.78, 5) is 23.5. The quantitative estimate of drug-likeness (QED) is 0.821. The van der Waals surface area contributed by atoms with E-state index in [4.69, 9.17) is 0 Å². The van der Waals surface area contributed by atoms with Crippen molar-refractivity contribution in [2.24, 2.45) is 5.41 Å². The fourth-order valence-corrected chi connectivity index (χ4v) is 3.54. The Bertz CT molecular complexity index is 655. The van der Waals surface area contributed by atoms with Crippen molar-refractivity contribution in [1.82, 2.24) is 5.32 Å². The summed E-state index contributed by atoms with van der Waals surface area (Å²) in [5.74, 6) is -1.67. The van der Waals surface area contributed by atoms with Gasteiger partial charge in [-0.15, -0.1) is 11.3 Å². The van der Waals surface area contributed by atoms with E-state index in [-0.39, 0.29) is 14.5 Å². The second kappa shape index (κ2) is 6.78. The van der Waals surface area contributed by atoms with Crippen LogP contribution in [0, 0.1) is 5.41 Å². The third-order valence-corrected chi connectivity index (χ3v) is 5.86. The highest BCUT2D eigenvalue weighted by atomic mass is 32.2. The van der Waals surface area contributed by atoms with Crippen LogP contribution in [0.2, 0.25) is 0 Å². The fraction of sp³-hybridized carbons (Fsp3) is 0.571. The summed E-state index contributed by atoms with van der Waals surface area (Å²) in [5.41, 5.74) is -0.0369. The minimum atomic E-state index is -3.37. The second-order valence-corrected chi connectivity index (χ2v) is 9.68. The van der Waals surface area contributed by atoms with Crippen LogP contribution in [0.5, 0.6) is 0 Å². The van der Waals surface area contributed by atoms with Crippen molar-refractivity contribution >= 4 is 33.1 Å². The molecule has 1 amide bonds. The van der Waals surface area contributed by atoms with E-state index in [1.165, 1.54) is 12.1 Å². The first-order valence-corrected chi connectivity index (χ1v) is 9.44. The van der Waals surface area contributed by atoms with Crippen molar-refractivity contribution in [3.63, 3.8) is 0 Å². The summed E-state index contributed by atoms with van der Waals surface area (Å²) in [5, 5.41) is 11.6. The summed E-state index contributed by atoms with van der Waals surface area (Å²) in [6.45, 7) is 5.97. The topological polar surface area (TPSA) is 101 Å². The lowest BCUT2D eigenvalue weighted by molar-refractivity contribution is -0.139. The SMILES string of the molecule is CC(C)(C)CCC(NC(=O)c1ccc(S(C)(=O)=O)s1)C(=O)O. The highest BCUT2D eigenvalue weighted by molar-refractivity contribution is 7.92. The van der Waals surface area contributed by atoms with E-state index in [0.29, 0.717) is 12.8 Å². The van der Waals surface area contributed by atoms with Crippen LogP contribution in [0.4, 0.5) is 0 Å². The molecule has 1 aromatic heterocycles. The minimum absolute atomic E-state index is 0.0369. The lowest BCUT2D eigenvalue weighted by atomic mass is 9.88. The van der Waals surface area contributed by atoms with Crippen LogP contribution in [-0.4, -0.2) is 37.7 Å². The molecule has 0 spiro atoms. The smallest absolute Gasteiger partial charge is 0.326 e. The summed E-state index contributed by atoms with van der Waals surface area (Å²) in [7, 11) is -3.37. The van der Waals surface area contributed by atoms with Crippen molar-refractivity contribution in [3.8, 4) is 0 Å². The van der Waals surface area contributed by atoms with Crippen molar-refractivity contribution in [3.05, 3.63) is 17.0 Å². The number of carbonyl (C=O) groups is 2. The Labute approximate surface area is 134 Å². The van der Waals surface area contributed by atoms with Crippen LogP contribution in [0.1, 0.15) is 43.3 Å². The van der Waals surface area contributed by atoms with E-state index >= 15 is 0 Å². The van der Waals surface area contributed by atoms with Crippen molar-refractivity contribution in [2.75, 3.05) is 6.26 Å². The van der Waals surface area contributed by atoms with Gasteiger partial charge in [0, 0.05) is 6.26 Å². The van der Waals surface area contributed by atoms with Crippen LogP contribution in [0.25, 0.3) is 0 Å². The molecule has 8 heteroatoms. The summed E-state index contributed by atoms with van der Waals surface area (Å²) < 4.78 is 22.9. The summed E-state index contributed by atoms with van der Waals surface area (Å²) >= 11 is 0.832. The van der Waals surface area contributed by atoms with Gasteiger partial charge in [-0.25, -0.2) is 13.2 Å². The molecule has 22 heavy (non-hydrogen) atoms. The largest absolute Gasteiger partial charge is 0.480 e. The van der Waals surface area contributed by atoms with Crippen LogP contribution < -0.4 is 5.32 Å². The van der Waals surface area contributed by atoms with Crippen molar-refractivity contribution in [1.29, 1.82) is 0 Å². The van der Waals surface area contributed by atoms with Crippen molar-refractivity contribution in [2.45, 2.75) is 43.9 Å². The van der Waals surface area contributed by atoms with Gasteiger partial charge in [0.05, 0.1) is 4.88 Å². The first-order chi connectivity index (χ1) is 9.90.